The van der Waals surface area contributed by atoms with Crippen molar-refractivity contribution < 1.29 is 18.9 Å². The van der Waals surface area contributed by atoms with E-state index in [-0.39, 0.29) is 0 Å². The molecule has 0 saturated carbocycles. The molecule has 0 atom stereocenters. The first kappa shape index (κ1) is 20.1. The lowest BCUT2D eigenvalue weighted by Gasteiger charge is -2.25. The van der Waals surface area contributed by atoms with Crippen LogP contribution < -0.4 is 0 Å². The summed E-state index contributed by atoms with van der Waals surface area (Å²) in [5, 5.41) is 0. The van der Waals surface area contributed by atoms with Gasteiger partial charge in [-0.2, -0.15) is 0 Å². The molecule has 0 N–H and O–H groups in total. The highest BCUT2D eigenvalue weighted by Crippen LogP contribution is 2.26. The van der Waals surface area contributed by atoms with Crippen LogP contribution in [-0.4, -0.2) is 25.8 Å². The Morgan fingerprint density at radius 2 is 1.43 bits per heavy atom. The van der Waals surface area contributed by atoms with Gasteiger partial charge in [-0.1, -0.05) is 21.9 Å². The molecule has 0 aromatic heterocycles. The van der Waals surface area contributed by atoms with Crippen molar-refractivity contribution in [1.29, 1.82) is 0 Å². The molecule has 0 amide bonds. The summed E-state index contributed by atoms with van der Waals surface area (Å²) in [6, 6.07) is 3.88. The van der Waals surface area contributed by atoms with Crippen molar-refractivity contribution in [2.45, 2.75) is 52.5 Å². The van der Waals surface area contributed by atoms with Gasteiger partial charge in [0.25, 0.3) is 0 Å². The molecular formula is C18H25BrO4. The predicted molar refractivity (Wildman–Crippen MR) is 93.8 cm³/mol. The Morgan fingerprint density at radius 1 is 0.957 bits per heavy atom. The van der Waals surface area contributed by atoms with Gasteiger partial charge >= 0.3 is 0 Å². The molecule has 0 unspecified atom stereocenters. The number of benzene rings is 1. The quantitative estimate of drug-likeness (QED) is 0.496. The molecule has 1 rings (SSSR count). The van der Waals surface area contributed by atoms with Crippen LogP contribution in [0.4, 0.5) is 0 Å². The summed E-state index contributed by atoms with van der Waals surface area (Å²) in [4.78, 5) is 0. The van der Waals surface area contributed by atoms with Gasteiger partial charge in [-0.25, -0.2) is 0 Å². The van der Waals surface area contributed by atoms with E-state index in [4.69, 9.17) is 25.4 Å². The Hall–Kier alpha value is -0.900. The van der Waals surface area contributed by atoms with E-state index >= 15 is 0 Å². The summed E-state index contributed by atoms with van der Waals surface area (Å²) in [6.07, 6.45) is 5.63. The first-order valence-corrected chi connectivity index (χ1v) is 8.09. The normalized spacial score (nSPS) is 12.3. The average molecular weight is 385 g/mol. The first-order valence-electron chi connectivity index (χ1n) is 7.30. The number of methoxy groups -OCH3 is 2. The molecule has 0 bridgehead atoms. The second-order valence-electron chi connectivity index (χ2n) is 6.03. The minimum atomic E-state index is -0.664. The fraction of sp³-hybridized carbons (Fsp3) is 0.556. The molecule has 0 aliphatic heterocycles. The maximum atomic E-state index is 5.74. The van der Waals surface area contributed by atoms with Gasteiger partial charge in [0.05, 0.1) is 13.2 Å². The Labute approximate surface area is 147 Å². The molecule has 0 spiro atoms. The maximum Gasteiger partial charge on any atom is 0.162 e. The second-order valence-corrected chi connectivity index (χ2v) is 6.88. The Morgan fingerprint density at radius 3 is 1.87 bits per heavy atom. The highest BCUT2D eigenvalue weighted by molar-refractivity contribution is 9.10. The maximum absolute atomic E-state index is 5.74. The van der Waals surface area contributed by atoms with Crippen molar-refractivity contribution in [2.24, 2.45) is 0 Å². The number of terminal acetylenes is 1. The third-order valence-electron chi connectivity index (χ3n) is 3.56. The monoisotopic (exact) mass is 384 g/mol. The SMILES string of the molecule is C#Cc1cc(COC(C)(C)OC)c(Br)cc1COC(C)(C)OC. The predicted octanol–water partition coefficient (Wildman–Crippen LogP) is 4.23. The minimum Gasteiger partial charge on any atom is -0.354 e. The molecule has 0 aliphatic rings. The molecule has 128 valence electrons. The third-order valence-corrected chi connectivity index (χ3v) is 4.30. The van der Waals surface area contributed by atoms with E-state index in [2.05, 4.69) is 21.9 Å². The summed E-state index contributed by atoms with van der Waals surface area (Å²) < 4.78 is 22.9. The zero-order valence-corrected chi connectivity index (χ0v) is 16.2. The standard InChI is InChI=1S/C18H25BrO4/c1-8-13-9-15(12-23-18(4,5)21-7)16(19)10-14(13)11-22-17(2,3)20-6/h1,9-10H,11-12H2,2-7H3. The van der Waals surface area contributed by atoms with Gasteiger partial charge in [-0.15, -0.1) is 6.42 Å². The first-order chi connectivity index (χ1) is 10.6. The zero-order valence-electron chi connectivity index (χ0n) is 14.7. The van der Waals surface area contributed by atoms with Gasteiger partial charge in [0.15, 0.2) is 11.6 Å². The third kappa shape index (κ3) is 6.25. The summed E-state index contributed by atoms with van der Waals surface area (Å²) in [6.45, 7) is 8.18. The molecule has 0 fully saturated rings. The van der Waals surface area contributed by atoms with Crippen LogP contribution in [0.2, 0.25) is 0 Å². The average Bonchev–Trinajstić information content (AvgIpc) is 2.52. The topological polar surface area (TPSA) is 36.9 Å². The number of ether oxygens (including phenoxy) is 4. The van der Waals surface area contributed by atoms with Crippen molar-refractivity contribution in [1.82, 2.24) is 0 Å². The smallest absolute Gasteiger partial charge is 0.162 e. The lowest BCUT2D eigenvalue weighted by Crippen LogP contribution is -2.27. The van der Waals surface area contributed by atoms with Crippen molar-refractivity contribution >= 4 is 15.9 Å². The minimum absolute atomic E-state index is 0.365. The van der Waals surface area contributed by atoms with E-state index in [9.17, 15) is 0 Å². The molecule has 0 heterocycles. The molecule has 1 aromatic carbocycles. The highest BCUT2D eigenvalue weighted by Gasteiger charge is 2.20. The summed E-state index contributed by atoms with van der Waals surface area (Å²) in [7, 11) is 3.22. The van der Waals surface area contributed by atoms with Crippen molar-refractivity contribution in [3.8, 4) is 12.3 Å². The number of hydrogen-bond donors (Lipinski definition) is 0. The van der Waals surface area contributed by atoms with Gasteiger partial charge in [0, 0.05) is 24.3 Å². The highest BCUT2D eigenvalue weighted by atomic mass is 79.9. The number of hydrogen-bond acceptors (Lipinski definition) is 4. The van der Waals surface area contributed by atoms with Crippen molar-refractivity contribution in [3.63, 3.8) is 0 Å². The lowest BCUT2D eigenvalue weighted by atomic mass is 10.0. The molecule has 4 nitrogen and oxygen atoms in total. The Bertz CT molecular complexity index is 573. The largest absolute Gasteiger partial charge is 0.354 e. The van der Waals surface area contributed by atoms with Crippen LogP contribution >= 0.6 is 15.9 Å². The van der Waals surface area contributed by atoms with Gasteiger partial charge < -0.3 is 18.9 Å². The molecule has 23 heavy (non-hydrogen) atoms. The lowest BCUT2D eigenvalue weighted by molar-refractivity contribution is -0.205. The van der Waals surface area contributed by atoms with Crippen LogP contribution in [0.15, 0.2) is 16.6 Å². The fourth-order valence-corrected chi connectivity index (χ4v) is 2.15. The molecule has 0 radical (unpaired) electrons. The van der Waals surface area contributed by atoms with Crippen LogP contribution in [0.1, 0.15) is 44.4 Å². The summed E-state index contributed by atoms with van der Waals surface area (Å²) in [5.74, 6) is 1.38. The van der Waals surface area contributed by atoms with Crippen molar-refractivity contribution in [2.75, 3.05) is 14.2 Å². The van der Waals surface area contributed by atoms with E-state index in [1.165, 1.54) is 0 Å². The molecule has 0 aliphatic carbocycles. The summed E-state index contributed by atoms with van der Waals surface area (Å²) in [5.41, 5.74) is 2.64. The van der Waals surface area contributed by atoms with Gasteiger partial charge in [-0.05, 0) is 51.0 Å². The van der Waals surface area contributed by atoms with Gasteiger partial charge in [0.2, 0.25) is 0 Å². The van der Waals surface area contributed by atoms with Crippen LogP contribution in [-0.2, 0) is 32.2 Å². The second kappa shape index (κ2) is 8.27. The molecular weight excluding hydrogens is 360 g/mol. The van der Waals surface area contributed by atoms with E-state index in [0.717, 1.165) is 21.2 Å². The van der Waals surface area contributed by atoms with E-state index in [1.807, 2.05) is 39.8 Å². The number of halogens is 1. The van der Waals surface area contributed by atoms with Gasteiger partial charge in [-0.3, -0.25) is 0 Å². The van der Waals surface area contributed by atoms with Crippen LogP contribution in [0.3, 0.4) is 0 Å². The van der Waals surface area contributed by atoms with E-state index in [1.54, 1.807) is 14.2 Å². The Kier molecular flexibility index (Phi) is 7.25. The van der Waals surface area contributed by atoms with Gasteiger partial charge in [0.1, 0.15) is 0 Å². The molecule has 5 heteroatoms. The zero-order chi connectivity index (χ0) is 17.7. The van der Waals surface area contributed by atoms with E-state index in [0.29, 0.717) is 13.2 Å². The van der Waals surface area contributed by atoms with Crippen LogP contribution in [0.5, 0.6) is 0 Å². The molecule has 1 aromatic rings. The van der Waals surface area contributed by atoms with E-state index < -0.39 is 11.6 Å². The van der Waals surface area contributed by atoms with Crippen LogP contribution in [0, 0.1) is 12.3 Å². The van der Waals surface area contributed by atoms with Crippen LogP contribution in [0.25, 0.3) is 0 Å². The fourth-order valence-electron chi connectivity index (χ4n) is 1.64. The number of rotatable bonds is 8. The molecule has 0 saturated heterocycles. The van der Waals surface area contributed by atoms with Crippen molar-refractivity contribution in [3.05, 3.63) is 33.3 Å². The summed E-state index contributed by atoms with van der Waals surface area (Å²) >= 11 is 3.56. The Balaban J connectivity index is 2.93.